The quantitative estimate of drug-likeness (QED) is 0.528. The Kier molecular flexibility index (Phi) is 6.33. The zero-order chi connectivity index (χ0) is 24.4. The maximum Gasteiger partial charge on any atom is 0.261 e. The van der Waals surface area contributed by atoms with E-state index in [0.29, 0.717) is 17.7 Å². The Labute approximate surface area is 203 Å². The molecule has 0 spiro atoms. The van der Waals surface area contributed by atoms with Crippen LogP contribution in [0.1, 0.15) is 61.1 Å². The van der Waals surface area contributed by atoms with Crippen LogP contribution in [0.4, 0.5) is 0 Å². The predicted molar refractivity (Wildman–Crippen MR) is 130 cm³/mol. The molecule has 2 aliphatic rings. The molecule has 3 aromatic rings. The Bertz CT molecular complexity index is 1250. The fraction of sp³-hybridized carbons (Fsp3) is 0.250. The summed E-state index contributed by atoms with van der Waals surface area (Å²) in [7, 11) is 1.60. The number of nitrogens with one attached hydrogen (secondary N) is 1. The molecule has 1 saturated heterocycles. The smallest absolute Gasteiger partial charge is 0.261 e. The molecule has 7 heteroatoms. The van der Waals surface area contributed by atoms with Gasteiger partial charge in [0.15, 0.2) is 0 Å². The van der Waals surface area contributed by atoms with E-state index >= 15 is 0 Å². The summed E-state index contributed by atoms with van der Waals surface area (Å²) in [6.45, 7) is 0.885. The van der Waals surface area contributed by atoms with Crippen LogP contribution < -0.4 is 10.1 Å². The third-order valence-corrected chi connectivity index (χ3v) is 6.50. The fourth-order valence-electron chi connectivity index (χ4n) is 4.61. The molecule has 3 aromatic carbocycles. The van der Waals surface area contributed by atoms with Gasteiger partial charge < -0.3 is 14.8 Å². The van der Waals surface area contributed by atoms with Gasteiger partial charge in [-0.05, 0) is 54.3 Å². The molecule has 0 bridgehead atoms. The normalized spacial score (nSPS) is 17.9. The molecule has 7 nitrogen and oxygen atoms in total. The highest BCUT2D eigenvalue weighted by molar-refractivity contribution is 6.22. The maximum absolute atomic E-state index is 13.3. The number of methoxy groups -OCH3 is 1. The monoisotopic (exact) mass is 470 g/mol. The van der Waals surface area contributed by atoms with Crippen LogP contribution in [-0.4, -0.2) is 49.0 Å². The number of hydrogen-bond donors (Lipinski definition) is 1. The number of carbonyl (C=O) groups is 3. The van der Waals surface area contributed by atoms with Gasteiger partial charge in [-0.2, -0.15) is 0 Å². The highest BCUT2D eigenvalue weighted by Crippen LogP contribution is 2.28. The molecule has 2 heterocycles. The molecule has 1 N–H and O–H groups in total. The van der Waals surface area contributed by atoms with Gasteiger partial charge in [-0.3, -0.25) is 19.3 Å². The summed E-state index contributed by atoms with van der Waals surface area (Å²) in [6, 6.07) is 21.4. The number of carbonyl (C=O) groups excluding carboxylic acids is 3. The molecule has 2 atom stereocenters. The third-order valence-electron chi connectivity index (χ3n) is 6.50. The second-order valence-corrected chi connectivity index (χ2v) is 8.71. The van der Waals surface area contributed by atoms with E-state index in [4.69, 9.17) is 9.47 Å². The van der Waals surface area contributed by atoms with Crippen molar-refractivity contribution in [1.29, 1.82) is 0 Å². The van der Waals surface area contributed by atoms with E-state index in [-0.39, 0.29) is 35.9 Å². The molecular formula is C28H26N2O5. The molecule has 5 rings (SSSR count). The molecule has 35 heavy (non-hydrogen) atoms. The van der Waals surface area contributed by atoms with E-state index < -0.39 is 6.04 Å². The summed E-state index contributed by atoms with van der Waals surface area (Å²) < 4.78 is 10.9. The fourth-order valence-corrected chi connectivity index (χ4v) is 4.61. The molecule has 2 unspecified atom stereocenters. The average molecular weight is 471 g/mol. The Morgan fingerprint density at radius 3 is 2.40 bits per heavy atom. The van der Waals surface area contributed by atoms with Gasteiger partial charge in [-0.25, -0.2) is 0 Å². The molecule has 0 aromatic heterocycles. The largest absolute Gasteiger partial charge is 0.497 e. The number of hydrogen-bond acceptors (Lipinski definition) is 5. The van der Waals surface area contributed by atoms with Crippen LogP contribution in [0, 0.1) is 0 Å². The van der Waals surface area contributed by atoms with E-state index in [9.17, 15) is 14.4 Å². The Morgan fingerprint density at radius 2 is 1.71 bits per heavy atom. The van der Waals surface area contributed by atoms with Crippen molar-refractivity contribution in [2.24, 2.45) is 0 Å². The lowest BCUT2D eigenvalue weighted by Gasteiger charge is -2.20. The molecule has 0 radical (unpaired) electrons. The molecule has 2 aliphatic heterocycles. The molecule has 0 saturated carbocycles. The predicted octanol–water partition coefficient (Wildman–Crippen LogP) is 3.99. The Balaban J connectivity index is 1.39. The second-order valence-electron chi connectivity index (χ2n) is 8.71. The van der Waals surface area contributed by atoms with Gasteiger partial charge in [-0.1, -0.05) is 42.5 Å². The minimum atomic E-state index is -0.406. The number of ether oxygens (including phenoxy) is 2. The van der Waals surface area contributed by atoms with Crippen LogP contribution in [-0.2, 0) is 4.74 Å². The molecule has 0 aliphatic carbocycles. The summed E-state index contributed by atoms with van der Waals surface area (Å²) >= 11 is 0. The average Bonchev–Trinajstić information content (AvgIpc) is 3.50. The number of fused-ring (bicyclic) bond motifs is 1. The number of amides is 3. The lowest BCUT2D eigenvalue weighted by Crippen LogP contribution is -2.36. The van der Waals surface area contributed by atoms with Crippen molar-refractivity contribution >= 4 is 17.7 Å². The number of nitrogens with zero attached hydrogens (tertiary/aromatic N) is 1. The Morgan fingerprint density at radius 1 is 1.00 bits per heavy atom. The zero-order valence-electron chi connectivity index (χ0n) is 19.4. The second kappa shape index (κ2) is 9.72. The highest BCUT2D eigenvalue weighted by Gasteiger charge is 2.38. The van der Waals surface area contributed by atoms with Crippen molar-refractivity contribution < 1.29 is 23.9 Å². The van der Waals surface area contributed by atoms with E-state index in [1.165, 1.54) is 11.0 Å². The maximum atomic E-state index is 13.3. The van der Waals surface area contributed by atoms with Gasteiger partial charge in [0.2, 0.25) is 0 Å². The minimum Gasteiger partial charge on any atom is -0.497 e. The first-order valence-corrected chi connectivity index (χ1v) is 11.7. The first-order valence-electron chi connectivity index (χ1n) is 11.7. The van der Waals surface area contributed by atoms with Crippen molar-refractivity contribution in [3.63, 3.8) is 0 Å². The zero-order valence-corrected chi connectivity index (χ0v) is 19.4. The minimum absolute atomic E-state index is 0.129. The summed E-state index contributed by atoms with van der Waals surface area (Å²) in [5.41, 5.74) is 2.70. The lowest BCUT2D eigenvalue weighted by molar-refractivity contribution is 0.0475. The van der Waals surface area contributed by atoms with E-state index in [1.807, 2.05) is 54.6 Å². The van der Waals surface area contributed by atoms with Gasteiger partial charge >= 0.3 is 0 Å². The van der Waals surface area contributed by atoms with Crippen molar-refractivity contribution in [2.75, 3.05) is 20.3 Å². The van der Waals surface area contributed by atoms with Crippen molar-refractivity contribution in [3.8, 4) is 5.75 Å². The van der Waals surface area contributed by atoms with Crippen LogP contribution >= 0.6 is 0 Å². The van der Waals surface area contributed by atoms with E-state index in [2.05, 4.69) is 5.32 Å². The summed E-state index contributed by atoms with van der Waals surface area (Å²) in [5.74, 6) is -0.339. The van der Waals surface area contributed by atoms with Gasteiger partial charge in [0, 0.05) is 12.2 Å². The molecule has 178 valence electrons. The number of imide groups is 1. The van der Waals surface area contributed by atoms with Crippen LogP contribution in [0.2, 0.25) is 0 Å². The SMILES string of the molecule is COc1ccc(C(NC(=O)c2ccc3c(c2)C(=O)N(CC2CCCO2)C3=O)c2ccccc2)cc1. The first-order chi connectivity index (χ1) is 17.0. The van der Waals surface area contributed by atoms with Gasteiger partial charge in [0.05, 0.1) is 36.9 Å². The van der Waals surface area contributed by atoms with Crippen LogP contribution in [0.15, 0.2) is 72.8 Å². The molecular weight excluding hydrogens is 444 g/mol. The molecule has 3 amide bonds. The van der Waals surface area contributed by atoms with Crippen molar-refractivity contribution in [3.05, 3.63) is 101 Å². The lowest BCUT2D eigenvalue weighted by atomic mass is 9.97. The van der Waals surface area contributed by atoms with Crippen molar-refractivity contribution in [1.82, 2.24) is 10.2 Å². The number of benzene rings is 3. The standard InChI is InChI=1S/C28H26N2O5/c1-34-21-12-9-19(10-13-21)25(18-6-3-2-4-7-18)29-26(31)20-11-14-23-24(16-20)28(33)30(27(23)32)17-22-8-5-15-35-22/h2-4,6-7,9-14,16,22,25H,5,8,15,17H2,1H3,(H,29,31). The van der Waals surface area contributed by atoms with E-state index in [1.54, 1.807) is 19.2 Å². The number of rotatable bonds is 7. The molecule has 1 fully saturated rings. The van der Waals surface area contributed by atoms with Gasteiger partial charge in [0.25, 0.3) is 17.7 Å². The van der Waals surface area contributed by atoms with Gasteiger partial charge in [-0.15, -0.1) is 0 Å². The Hall–Kier alpha value is -3.97. The summed E-state index contributed by atoms with van der Waals surface area (Å²) in [4.78, 5) is 40.4. The van der Waals surface area contributed by atoms with Crippen LogP contribution in [0.25, 0.3) is 0 Å². The topological polar surface area (TPSA) is 84.9 Å². The summed E-state index contributed by atoms with van der Waals surface area (Å²) in [5, 5.41) is 3.08. The first kappa shape index (κ1) is 22.8. The van der Waals surface area contributed by atoms with Crippen molar-refractivity contribution in [2.45, 2.75) is 25.0 Å². The highest BCUT2D eigenvalue weighted by atomic mass is 16.5. The summed E-state index contributed by atoms with van der Waals surface area (Å²) in [6.07, 6.45) is 1.62. The third kappa shape index (κ3) is 4.55. The van der Waals surface area contributed by atoms with Gasteiger partial charge in [0.1, 0.15) is 5.75 Å². The van der Waals surface area contributed by atoms with E-state index in [0.717, 1.165) is 29.7 Å². The van der Waals surface area contributed by atoms with Crippen LogP contribution in [0.5, 0.6) is 5.75 Å². The van der Waals surface area contributed by atoms with Crippen LogP contribution in [0.3, 0.4) is 0 Å².